The van der Waals surface area contributed by atoms with E-state index in [0.717, 1.165) is 24.4 Å². The topological polar surface area (TPSA) is 52.7 Å². The predicted molar refractivity (Wildman–Crippen MR) is 82.0 cm³/mol. The fourth-order valence-corrected chi connectivity index (χ4v) is 4.28. The van der Waals surface area contributed by atoms with Crippen molar-refractivity contribution in [3.63, 3.8) is 0 Å². The molecule has 2 fully saturated rings. The summed E-state index contributed by atoms with van der Waals surface area (Å²) in [5.41, 5.74) is 0. The number of likely N-dealkylation sites (N-methyl/N-ethyl adjacent to an activating group) is 1. The maximum Gasteiger partial charge on any atom is 0.228 e. The highest BCUT2D eigenvalue weighted by atomic mass is 32.1. The Morgan fingerprint density at radius 3 is 2.95 bits per heavy atom. The van der Waals surface area contributed by atoms with Gasteiger partial charge in [-0.3, -0.25) is 9.59 Å². The molecular weight excluding hydrogens is 286 g/mol. The molecule has 2 aliphatic rings. The van der Waals surface area contributed by atoms with Gasteiger partial charge in [0, 0.05) is 38.0 Å². The number of thiophene rings is 1. The highest BCUT2D eigenvalue weighted by molar-refractivity contribution is 7.10. The normalized spacial score (nSPS) is 29.1. The average Bonchev–Trinajstić information content (AvgIpc) is 3.19. The quantitative estimate of drug-likeness (QED) is 0.909. The number of hydrogen-bond donors (Lipinski definition) is 1. The second-order valence-corrected chi connectivity index (χ2v) is 6.85. The Bertz CT molecular complexity index is 525. The lowest BCUT2D eigenvalue weighted by Gasteiger charge is -2.30. The Labute approximate surface area is 128 Å². The first-order chi connectivity index (χ1) is 10.1. The standard InChI is InChI=1S/C15H21N3O2S/c1-17(10-5-6-16-9-10)15(20)11-8-13(19)18(2)14(11)12-4-3-7-21-12/h3-4,7,10-11,14,16H,5-6,8-9H2,1-2H3/t10-,11+,14-/m0/s1. The molecule has 0 bridgehead atoms. The Morgan fingerprint density at radius 1 is 1.52 bits per heavy atom. The molecule has 1 aromatic rings. The van der Waals surface area contributed by atoms with E-state index in [-0.39, 0.29) is 29.8 Å². The zero-order valence-electron chi connectivity index (χ0n) is 12.4. The molecule has 21 heavy (non-hydrogen) atoms. The molecule has 5 nitrogen and oxygen atoms in total. The molecule has 0 unspecified atom stereocenters. The molecule has 2 saturated heterocycles. The largest absolute Gasteiger partial charge is 0.341 e. The van der Waals surface area contributed by atoms with Crippen molar-refractivity contribution in [1.82, 2.24) is 15.1 Å². The minimum atomic E-state index is -0.258. The Kier molecular flexibility index (Phi) is 3.99. The number of amides is 2. The van der Waals surface area contributed by atoms with Crippen LogP contribution >= 0.6 is 11.3 Å². The SMILES string of the molecule is CN(C(=O)[C@@H]1CC(=O)N(C)[C@@H]1c1cccs1)[C@H]1CCNC1. The molecule has 3 heterocycles. The summed E-state index contributed by atoms with van der Waals surface area (Å²) in [6, 6.07) is 4.13. The van der Waals surface area contributed by atoms with Gasteiger partial charge in [0.1, 0.15) is 0 Å². The Balaban J connectivity index is 1.81. The molecule has 114 valence electrons. The van der Waals surface area contributed by atoms with Crippen LogP contribution in [0, 0.1) is 5.92 Å². The van der Waals surface area contributed by atoms with Gasteiger partial charge in [-0.25, -0.2) is 0 Å². The number of nitrogens with zero attached hydrogens (tertiary/aromatic N) is 2. The molecular formula is C15H21N3O2S. The van der Waals surface area contributed by atoms with Gasteiger partial charge in [-0.1, -0.05) is 6.07 Å². The average molecular weight is 307 g/mol. The predicted octanol–water partition coefficient (Wildman–Crippen LogP) is 1.09. The van der Waals surface area contributed by atoms with Crippen molar-refractivity contribution >= 4 is 23.2 Å². The van der Waals surface area contributed by atoms with Crippen molar-refractivity contribution in [2.24, 2.45) is 5.92 Å². The first kappa shape index (κ1) is 14.5. The van der Waals surface area contributed by atoms with Gasteiger partial charge in [-0.2, -0.15) is 0 Å². The minimum Gasteiger partial charge on any atom is -0.341 e. The van der Waals surface area contributed by atoms with Crippen LogP contribution in [0.4, 0.5) is 0 Å². The fourth-order valence-electron chi connectivity index (χ4n) is 3.35. The third-order valence-electron chi connectivity index (χ3n) is 4.67. The monoisotopic (exact) mass is 307 g/mol. The van der Waals surface area contributed by atoms with Gasteiger partial charge in [0.15, 0.2) is 0 Å². The van der Waals surface area contributed by atoms with E-state index in [9.17, 15) is 9.59 Å². The van der Waals surface area contributed by atoms with Gasteiger partial charge in [0.25, 0.3) is 0 Å². The summed E-state index contributed by atoms with van der Waals surface area (Å²) in [6.45, 7) is 1.81. The van der Waals surface area contributed by atoms with Gasteiger partial charge >= 0.3 is 0 Å². The molecule has 0 spiro atoms. The zero-order chi connectivity index (χ0) is 15.0. The van der Waals surface area contributed by atoms with Crippen molar-refractivity contribution in [3.8, 4) is 0 Å². The number of carbonyl (C=O) groups is 2. The molecule has 2 amide bonds. The number of rotatable bonds is 3. The van der Waals surface area contributed by atoms with Crippen LogP contribution in [0.5, 0.6) is 0 Å². The van der Waals surface area contributed by atoms with Gasteiger partial charge in [-0.15, -0.1) is 11.3 Å². The smallest absolute Gasteiger partial charge is 0.228 e. The highest BCUT2D eigenvalue weighted by Gasteiger charge is 2.45. The summed E-state index contributed by atoms with van der Waals surface area (Å²) in [7, 11) is 3.67. The Morgan fingerprint density at radius 2 is 2.33 bits per heavy atom. The number of likely N-dealkylation sites (tertiary alicyclic amines) is 1. The van der Waals surface area contributed by atoms with Gasteiger partial charge < -0.3 is 15.1 Å². The molecule has 6 heteroatoms. The van der Waals surface area contributed by atoms with Gasteiger partial charge in [0.05, 0.1) is 12.0 Å². The van der Waals surface area contributed by atoms with Crippen LogP contribution in [-0.2, 0) is 9.59 Å². The Hall–Kier alpha value is -1.40. The molecule has 3 atom stereocenters. The van der Waals surface area contributed by atoms with E-state index in [0.29, 0.717) is 6.42 Å². The highest BCUT2D eigenvalue weighted by Crippen LogP contribution is 2.40. The maximum atomic E-state index is 12.9. The van der Waals surface area contributed by atoms with E-state index in [2.05, 4.69) is 5.32 Å². The molecule has 1 N–H and O–H groups in total. The second kappa shape index (κ2) is 5.77. The number of carbonyl (C=O) groups excluding carboxylic acids is 2. The molecule has 0 radical (unpaired) electrons. The molecule has 1 aromatic heterocycles. The van der Waals surface area contributed by atoms with E-state index in [1.807, 2.05) is 29.5 Å². The molecule has 0 saturated carbocycles. The van der Waals surface area contributed by atoms with Crippen LogP contribution < -0.4 is 5.32 Å². The fraction of sp³-hybridized carbons (Fsp3) is 0.600. The summed E-state index contributed by atoms with van der Waals surface area (Å²) in [6.07, 6.45) is 1.31. The summed E-state index contributed by atoms with van der Waals surface area (Å²) >= 11 is 1.61. The van der Waals surface area contributed by atoms with Crippen LogP contribution in [0.3, 0.4) is 0 Å². The van der Waals surface area contributed by atoms with E-state index >= 15 is 0 Å². The van der Waals surface area contributed by atoms with Crippen molar-refractivity contribution in [2.75, 3.05) is 27.2 Å². The first-order valence-electron chi connectivity index (χ1n) is 7.36. The van der Waals surface area contributed by atoms with E-state index in [4.69, 9.17) is 0 Å². The van der Waals surface area contributed by atoms with E-state index in [1.165, 1.54) is 0 Å². The van der Waals surface area contributed by atoms with Crippen LogP contribution in [0.15, 0.2) is 17.5 Å². The van der Waals surface area contributed by atoms with Gasteiger partial charge in [-0.05, 0) is 24.4 Å². The van der Waals surface area contributed by atoms with E-state index in [1.54, 1.807) is 23.3 Å². The third-order valence-corrected chi connectivity index (χ3v) is 5.61. The number of hydrogen-bond acceptors (Lipinski definition) is 4. The van der Waals surface area contributed by atoms with Crippen molar-refractivity contribution in [3.05, 3.63) is 22.4 Å². The van der Waals surface area contributed by atoms with Crippen LogP contribution in [0.2, 0.25) is 0 Å². The second-order valence-electron chi connectivity index (χ2n) is 5.87. The van der Waals surface area contributed by atoms with Crippen molar-refractivity contribution < 1.29 is 9.59 Å². The summed E-state index contributed by atoms with van der Waals surface area (Å²) in [4.78, 5) is 29.6. The zero-order valence-corrected chi connectivity index (χ0v) is 13.2. The lowest BCUT2D eigenvalue weighted by atomic mass is 9.96. The van der Waals surface area contributed by atoms with Crippen LogP contribution in [0.25, 0.3) is 0 Å². The van der Waals surface area contributed by atoms with Crippen LogP contribution in [-0.4, -0.2) is 54.8 Å². The molecule has 2 aliphatic heterocycles. The summed E-state index contributed by atoms with van der Waals surface area (Å²) in [5, 5.41) is 5.28. The van der Waals surface area contributed by atoms with Gasteiger partial charge in [0.2, 0.25) is 11.8 Å². The van der Waals surface area contributed by atoms with E-state index < -0.39 is 0 Å². The van der Waals surface area contributed by atoms with Crippen LogP contribution in [0.1, 0.15) is 23.8 Å². The lowest BCUT2D eigenvalue weighted by Crippen LogP contribution is -2.43. The summed E-state index contributed by atoms with van der Waals surface area (Å²) in [5.74, 6) is -0.101. The lowest BCUT2D eigenvalue weighted by molar-refractivity contribution is -0.137. The summed E-state index contributed by atoms with van der Waals surface area (Å²) < 4.78 is 0. The number of nitrogens with one attached hydrogen (secondary N) is 1. The molecule has 0 aliphatic carbocycles. The minimum absolute atomic E-state index is 0.0599. The molecule has 3 rings (SSSR count). The van der Waals surface area contributed by atoms with Crippen molar-refractivity contribution in [2.45, 2.75) is 24.9 Å². The first-order valence-corrected chi connectivity index (χ1v) is 8.24. The molecule has 0 aromatic carbocycles. The maximum absolute atomic E-state index is 12.9. The van der Waals surface area contributed by atoms with Crippen molar-refractivity contribution in [1.29, 1.82) is 0 Å². The third kappa shape index (κ3) is 2.58.